The van der Waals surface area contributed by atoms with Crippen LogP contribution in [0.5, 0.6) is 0 Å². The van der Waals surface area contributed by atoms with Gasteiger partial charge in [-0.2, -0.15) is 0 Å². The zero-order valence-corrected chi connectivity index (χ0v) is 47.9. The zero-order valence-electron chi connectivity index (χ0n) is 47.9. The summed E-state index contributed by atoms with van der Waals surface area (Å²) in [5.74, 6) is -0.890. The molecule has 6 heteroatoms. The van der Waals surface area contributed by atoms with E-state index in [4.69, 9.17) is 14.2 Å². The number of esters is 3. The molecular weight excluding hydrogens is 889 g/mol. The first-order valence-corrected chi connectivity index (χ1v) is 31.3. The number of rotatable bonds is 57. The van der Waals surface area contributed by atoms with Gasteiger partial charge in [0.25, 0.3) is 0 Å². The molecule has 0 rings (SSSR count). The van der Waals surface area contributed by atoms with Gasteiger partial charge < -0.3 is 14.2 Å². The Bertz CT molecular complexity index is 1290. The van der Waals surface area contributed by atoms with Crippen LogP contribution in [0, 0.1) is 0 Å². The largest absolute Gasteiger partial charge is 0.462 e. The number of carbonyl (C=O) groups excluding carboxylic acids is 3. The summed E-state index contributed by atoms with van der Waals surface area (Å²) in [6, 6.07) is 0. The second kappa shape index (κ2) is 60.7. The molecule has 0 aliphatic carbocycles. The lowest BCUT2D eigenvalue weighted by molar-refractivity contribution is -0.167. The number of hydrogen-bond acceptors (Lipinski definition) is 6. The summed E-state index contributed by atoms with van der Waals surface area (Å²) in [7, 11) is 0. The van der Waals surface area contributed by atoms with Gasteiger partial charge in [0, 0.05) is 19.3 Å². The van der Waals surface area contributed by atoms with Crippen molar-refractivity contribution in [2.24, 2.45) is 0 Å². The second-order valence-corrected chi connectivity index (χ2v) is 21.0. The summed E-state index contributed by atoms with van der Waals surface area (Å²) >= 11 is 0. The Morgan fingerprint density at radius 3 is 0.847 bits per heavy atom. The maximum absolute atomic E-state index is 12.8. The van der Waals surface area contributed by atoms with Crippen LogP contribution < -0.4 is 0 Å². The number of ether oxygens (including phenoxy) is 3. The zero-order chi connectivity index (χ0) is 52.2. The number of allylic oxidation sites excluding steroid dienone is 10. The monoisotopic (exact) mass is 1010 g/mol. The van der Waals surface area contributed by atoms with Crippen LogP contribution >= 0.6 is 0 Å². The highest BCUT2D eigenvalue weighted by molar-refractivity contribution is 5.71. The van der Waals surface area contributed by atoms with E-state index in [2.05, 4.69) is 81.5 Å². The van der Waals surface area contributed by atoms with Gasteiger partial charge in [0.05, 0.1) is 0 Å². The smallest absolute Gasteiger partial charge is 0.306 e. The fraction of sp³-hybridized carbons (Fsp3) is 0.803. The van der Waals surface area contributed by atoms with Gasteiger partial charge in [0.15, 0.2) is 6.10 Å². The van der Waals surface area contributed by atoms with Gasteiger partial charge in [-0.05, 0) is 64.2 Å². The van der Waals surface area contributed by atoms with E-state index in [1.165, 1.54) is 173 Å². The first-order valence-electron chi connectivity index (χ1n) is 31.3. The Balaban J connectivity index is 4.13. The molecule has 0 saturated heterocycles. The van der Waals surface area contributed by atoms with Crippen LogP contribution in [-0.2, 0) is 28.6 Å². The molecule has 0 aliphatic rings. The van der Waals surface area contributed by atoms with E-state index >= 15 is 0 Å². The summed E-state index contributed by atoms with van der Waals surface area (Å²) in [6.45, 7) is 6.51. The van der Waals surface area contributed by atoms with Gasteiger partial charge in [-0.3, -0.25) is 14.4 Å². The van der Waals surface area contributed by atoms with E-state index in [-0.39, 0.29) is 31.1 Å². The van der Waals surface area contributed by atoms with Crippen LogP contribution in [0.1, 0.15) is 323 Å². The molecule has 0 aromatic heterocycles. The third-order valence-corrected chi connectivity index (χ3v) is 13.8. The van der Waals surface area contributed by atoms with Gasteiger partial charge in [-0.25, -0.2) is 0 Å². The summed E-state index contributed by atoms with van der Waals surface area (Å²) < 4.78 is 16.8. The molecule has 0 bridgehead atoms. The van der Waals surface area contributed by atoms with Crippen molar-refractivity contribution in [3.63, 3.8) is 0 Å². The molecule has 1 atom stereocenters. The van der Waals surface area contributed by atoms with Gasteiger partial charge >= 0.3 is 17.9 Å². The molecule has 0 spiro atoms. The van der Waals surface area contributed by atoms with E-state index in [1.807, 2.05) is 0 Å². The lowest BCUT2D eigenvalue weighted by Gasteiger charge is -2.18. The van der Waals surface area contributed by atoms with Crippen molar-refractivity contribution in [3.8, 4) is 0 Å². The van der Waals surface area contributed by atoms with Crippen LogP contribution in [0.25, 0.3) is 0 Å². The summed E-state index contributed by atoms with van der Waals surface area (Å²) in [5.41, 5.74) is 0. The fourth-order valence-electron chi connectivity index (χ4n) is 9.12. The molecule has 0 fully saturated rings. The molecule has 0 heterocycles. The van der Waals surface area contributed by atoms with Gasteiger partial charge in [0.2, 0.25) is 0 Å². The lowest BCUT2D eigenvalue weighted by Crippen LogP contribution is -2.30. The molecule has 0 aromatic rings. The standard InChI is InChI=1S/C66H118O6/c1-4-7-10-13-16-18-20-22-24-26-28-30-31-32-33-34-36-37-39-41-43-45-47-50-53-56-59-65(68)71-62-63(61-70-64(67)58-55-52-49-15-12-9-6-3)72-66(69)60-57-54-51-48-46-44-42-40-38-35-29-27-25-23-21-19-17-14-11-8-5-2/h8,11,17,19,23,25,29,35,40,42,63H,4-7,9-10,12-16,18,20-22,24,26-28,30-34,36-39,41,43-62H2,1-3H3/b11-8-,19-17-,25-23-,35-29-,42-40-. The molecule has 72 heavy (non-hydrogen) atoms. The van der Waals surface area contributed by atoms with Crippen LogP contribution in [0.15, 0.2) is 60.8 Å². The Morgan fingerprint density at radius 1 is 0.292 bits per heavy atom. The van der Waals surface area contributed by atoms with Crippen LogP contribution in [-0.4, -0.2) is 37.2 Å². The summed E-state index contributed by atoms with van der Waals surface area (Å²) in [4.78, 5) is 38.0. The van der Waals surface area contributed by atoms with Gasteiger partial charge in [0.1, 0.15) is 13.2 Å². The number of hydrogen-bond donors (Lipinski definition) is 0. The van der Waals surface area contributed by atoms with Crippen molar-refractivity contribution >= 4 is 17.9 Å². The van der Waals surface area contributed by atoms with E-state index in [0.29, 0.717) is 19.3 Å². The van der Waals surface area contributed by atoms with Crippen molar-refractivity contribution in [1.82, 2.24) is 0 Å². The average Bonchev–Trinajstić information content (AvgIpc) is 3.38. The first-order chi connectivity index (χ1) is 35.5. The fourth-order valence-corrected chi connectivity index (χ4v) is 9.12. The number of carbonyl (C=O) groups is 3. The van der Waals surface area contributed by atoms with E-state index in [0.717, 1.165) is 109 Å². The maximum atomic E-state index is 12.8. The molecule has 0 radical (unpaired) electrons. The van der Waals surface area contributed by atoms with Crippen molar-refractivity contribution < 1.29 is 28.6 Å². The maximum Gasteiger partial charge on any atom is 0.306 e. The highest BCUT2D eigenvalue weighted by Gasteiger charge is 2.19. The van der Waals surface area contributed by atoms with Gasteiger partial charge in [-0.1, -0.05) is 300 Å². The highest BCUT2D eigenvalue weighted by atomic mass is 16.6. The highest BCUT2D eigenvalue weighted by Crippen LogP contribution is 2.17. The Hall–Kier alpha value is -2.89. The first kappa shape index (κ1) is 69.1. The summed E-state index contributed by atoms with van der Waals surface area (Å²) in [6.07, 6.45) is 76.9. The van der Waals surface area contributed by atoms with Crippen LogP contribution in [0.3, 0.4) is 0 Å². The van der Waals surface area contributed by atoms with Crippen LogP contribution in [0.4, 0.5) is 0 Å². The minimum Gasteiger partial charge on any atom is -0.462 e. The van der Waals surface area contributed by atoms with Crippen LogP contribution in [0.2, 0.25) is 0 Å². The quantitative estimate of drug-likeness (QED) is 0.0261. The van der Waals surface area contributed by atoms with Crippen molar-refractivity contribution in [3.05, 3.63) is 60.8 Å². The molecule has 0 aliphatic heterocycles. The van der Waals surface area contributed by atoms with Crippen molar-refractivity contribution in [2.75, 3.05) is 13.2 Å². The normalized spacial score (nSPS) is 12.4. The van der Waals surface area contributed by atoms with Gasteiger partial charge in [-0.15, -0.1) is 0 Å². The Labute approximate surface area is 447 Å². The lowest BCUT2D eigenvalue weighted by atomic mass is 10.0. The third-order valence-electron chi connectivity index (χ3n) is 13.8. The second-order valence-electron chi connectivity index (χ2n) is 21.0. The predicted molar refractivity (Wildman–Crippen MR) is 312 cm³/mol. The third kappa shape index (κ3) is 58.0. The van der Waals surface area contributed by atoms with E-state index < -0.39 is 6.10 Å². The Morgan fingerprint density at radius 2 is 0.542 bits per heavy atom. The Kier molecular flexibility index (Phi) is 58.2. The SMILES string of the molecule is CC/C=C\C/C=C\C/C=C\C/C=C\C/C=C\CCCCCCCC(=O)OC(COC(=O)CCCCCCCCC)COC(=O)CCCCCCCCCCCCCCCCCCCCCCCCCCCC. The molecule has 0 N–H and O–H groups in total. The molecule has 0 amide bonds. The molecule has 418 valence electrons. The molecule has 0 saturated carbocycles. The molecule has 6 nitrogen and oxygen atoms in total. The molecule has 0 aromatic carbocycles. The molecule has 1 unspecified atom stereocenters. The predicted octanol–water partition coefficient (Wildman–Crippen LogP) is 21.2. The average molecular weight is 1010 g/mol. The summed E-state index contributed by atoms with van der Waals surface area (Å²) in [5, 5.41) is 0. The van der Waals surface area contributed by atoms with E-state index in [9.17, 15) is 14.4 Å². The minimum atomic E-state index is -0.781. The molecular formula is C66H118O6. The van der Waals surface area contributed by atoms with Crippen molar-refractivity contribution in [2.45, 2.75) is 329 Å². The minimum absolute atomic E-state index is 0.0788. The topological polar surface area (TPSA) is 78.9 Å². The van der Waals surface area contributed by atoms with Crippen molar-refractivity contribution in [1.29, 1.82) is 0 Å². The number of unbranched alkanes of at least 4 members (excludes halogenated alkanes) is 36. The van der Waals surface area contributed by atoms with E-state index in [1.54, 1.807) is 0 Å².